The monoisotopic (exact) mass is 369 g/mol. The summed E-state index contributed by atoms with van der Waals surface area (Å²) < 4.78 is 7.48. The first-order valence-corrected chi connectivity index (χ1v) is 6.22. The van der Waals surface area contributed by atoms with E-state index in [4.69, 9.17) is 4.74 Å². The van der Waals surface area contributed by atoms with Crippen LogP contribution in [0.4, 0.5) is 5.69 Å². The van der Waals surface area contributed by atoms with Crippen molar-refractivity contribution in [3.63, 3.8) is 0 Å². The summed E-state index contributed by atoms with van der Waals surface area (Å²) >= 11 is 5.78. The summed E-state index contributed by atoms with van der Waals surface area (Å²) in [7, 11) is 1.72. The van der Waals surface area contributed by atoms with Gasteiger partial charge in [0.25, 0.3) is 0 Å². The quantitative estimate of drug-likeness (QED) is 0.820. The fourth-order valence-electron chi connectivity index (χ4n) is 0.951. The van der Waals surface area contributed by atoms with Crippen molar-refractivity contribution in [1.82, 2.24) is 0 Å². The van der Waals surface area contributed by atoms with E-state index < -0.39 is 0 Å². The Morgan fingerprint density at radius 3 is 2.86 bits per heavy atom. The van der Waals surface area contributed by atoms with Crippen molar-refractivity contribution in [2.75, 3.05) is 19.0 Å². The van der Waals surface area contributed by atoms with E-state index in [-0.39, 0.29) is 6.10 Å². The minimum absolute atomic E-state index is 0.230. The van der Waals surface area contributed by atoms with E-state index in [0.717, 1.165) is 16.7 Å². The predicted octanol–water partition coefficient (Wildman–Crippen LogP) is 3.50. The van der Waals surface area contributed by atoms with Gasteiger partial charge in [-0.3, -0.25) is 0 Å². The second kappa shape index (κ2) is 5.92. The fourth-order valence-corrected chi connectivity index (χ4v) is 1.67. The van der Waals surface area contributed by atoms with Crippen LogP contribution in [0.5, 0.6) is 0 Å². The zero-order valence-corrected chi connectivity index (χ0v) is 11.9. The van der Waals surface area contributed by atoms with Crippen LogP contribution in [0.3, 0.4) is 0 Å². The van der Waals surface area contributed by atoms with Gasteiger partial charge in [0.1, 0.15) is 0 Å². The molecule has 1 atom stereocenters. The SMILES string of the molecule is COC(C)CNc1ccc(I)c(Br)c1. The molecule has 0 aliphatic rings. The highest BCUT2D eigenvalue weighted by Crippen LogP contribution is 2.22. The second-order valence-corrected chi connectivity index (χ2v) is 5.07. The summed E-state index contributed by atoms with van der Waals surface area (Å²) in [4.78, 5) is 0. The molecule has 14 heavy (non-hydrogen) atoms. The van der Waals surface area contributed by atoms with Crippen molar-refractivity contribution in [2.24, 2.45) is 0 Å². The highest BCUT2D eigenvalue weighted by Gasteiger charge is 2.01. The maximum atomic E-state index is 5.15. The molecular weight excluding hydrogens is 357 g/mol. The number of ether oxygens (including phenoxy) is 1. The molecule has 0 aromatic heterocycles. The zero-order valence-electron chi connectivity index (χ0n) is 8.18. The second-order valence-electron chi connectivity index (χ2n) is 3.06. The first-order valence-electron chi connectivity index (χ1n) is 4.35. The Morgan fingerprint density at radius 2 is 2.29 bits per heavy atom. The van der Waals surface area contributed by atoms with Crippen molar-refractivity contribution in [2.45, 2.75) is 13.0 Å². The van der Waals surface area contributed by atoms with Crippen LogP contribution in [0.1, 0.15) is 6.92 Å². The zero-order chi connectivity index (χ0) is 10.6. The van der Waals surface area contributed by atoms with Gasteiger partial charge in [-0.15, -0.1) is 0 Å². The van der Waals surface area contributed by atoms with Crippen molar-refractivity contribution in [3.8, 4) is 0 Å². The molecule has 0 spiro atoms. The van der Waals surface area contributed by atoms with Crippen LogP contribution in [0.25, 0.3) is 0 Å². The Labute approximate surface area is 107 Å². The summed E-state index contributed by atoms with van der Waals surface area (Å²) in [6.07, 6.45) is 0.230. The molecule has 1 aromatic carbocycles. The first kappa shape index (κ1) is 12.3. The summed E-state index contributed by atoms with van der Waals surface area (Å²) in [5.41, 5.74) is 1.11. The van der Waals surface area contributed by atoms with Gasteiger partial charge in [0.2, 0.25) is 0 Å². The summed E-state index contributed by atoms with van der Waals surface area (Å²) in [6.45, 7) is 2.86. The molecule has 1 N–H and O–H groups in total. The number of anilines is 1. The Morgan fingerprint density at radius 1 is 1.57 bits per heavy atom. The van der Waals surface area contributed by atoms with Gasteiger partial charge >= 0.3 is 0 Å². The molecule has 0 amide bonds. The van der Waals surface area contributed by atoms with Crippen LogP contribution in [-0.4, -0.2) is 19.8 Å². The topological polar surface area (TPSA) is 21.3 Å². The number of hydrogen-bond acceptors (Lipinski definition) is 2. The predicted molar refractivity (Wildman–Crippen MR) is 71.8 cm³/mol. The van der Waals surface area contributed by atoms with Crippen LogP contribution >= 0.6 is 38.5 Å². The molecule has 78 valence electrons. The lowest BCUT2D eigenvalue weighted by Gasteiger charge is -2.12. The van der Waals surface area contributed by atoms with Gasteiger partial charge in [-0.25, -0.2) is 0 Å². The van der Waals surface area contributed by atoms with Gasteiger partial charge in [0.05, 0.1) is 6.10 Å². The van der Waals surface area contributed by atoms with Crippen molar-refractivity contribution < 1.29 is 4.74 Å². The third-order valence-electron chi connectivity index (χ3n) is 1.92. The van der Waals surface area contributed by atoms with E-state index >= 15 is 0 Å². The van der Waals surface area contributed by atoms with Crippen LogP contribution in [0, 0.1) is 3.57 Å². The molecule has 1 rings (SSSR count). The minimum atomic E-state index is 0.230. The lowest BCUT2D eigenvalue weighted by Crippen LogP contribution is -2.17. The molecule has 0 saturated carbocycles. The van der Waals surface area contributed by atoms with Gasteiger partial charge in [-0.05, 0) is 63.6 Å². The van der Waals surface area contributed by atoms with Gasteiger partial charge in [-0.1, -0.05) is 0 Å². The van der Waals surface area contributed by atoms with E-state index in [1.54, 1.807) is 7.11 Å². The molecule has 0 bridgehead atoms. The Bertz CT molecular complexity index is 306. The number of benzene rings is 1. The highest BCUT2D eigenvalue weighted by molar-refractivity contribution is 14.1. The third-order valence-corrected chi connectivity index (χ3v) is 4.25. The molecular formula is C10H13BrINO. The Kier molecular flexibility index (Phi) is 5.19. The number of hydrogen-bond donors (Lipinski definition) is 1. The normalized spacial score (nSPS) is 12.6. The molecule has 1 unspecified atom stereocenters. The van der Waals surface area contributed by atoms with E-state index in [2.05, 4.69) is 62.0 Å². The molecule has 0 aliphatic heterocycles. The lowest BCUT2D eigenvalue weighted by atomic mass is 10.3. The van der Waals surface area contributed by atoms with E-state index in [1.165, 1.54) is 3.57 Å². The first-order chi connectivity index (χ1) is 6.63. The van der Waals surface area contributed by atoms with Gasteiger partial charge < -0.3 is 10.1 Å². The van der Waals surface area contributed by atoms with E-state index in [9.17, 15) is 0 Å². The molecule has 0 aliphatic carbocycles. The number of halogens is 2. The molecule has 1 aromatic rings. The molecule has 4 heteroatoms. The molecule has 0 saturated heterocycles. The van der Waals surface area contributed by atoms with Crippen LogP contribution < -0.4 is 5.32 Å². The third kappa shape index (κ3) is 3.74. The average molecular weight is 370 g/mol. The van der Waals surface area contributed by atoms with Crippen molar-refractivity contribution in [1.29, 1.82) is 0 Å². The molecule has 2 nitrogen and oxygen atoms in total. The lowest BCUT2D eigenvalue weighted by molar-refractivity contribution is 0.129. The van der Waals surface area contributed by atoms with Crippen LogP contribution in [-0.2, 0) is 4.74 Å². The smallest absolute Gasteiger partial charge is 0.0715 e. The standard InChI is InChI=1S/C10H13BrINO/c1-7(14-2)6-13-8-3-4-10(12)9(11)5-8/h3-5,7,13H,6H2,1-2H3. The van der Waals surface area contributed by atoms with Crippen LogP contribution in [0.15, 0.2) is 22.7 Å². The number of methoxy groups -OCH3 is 1. The van der Waals surface area contributed by atoms with Gasteiger partial charge in [-0.2, -0.15) is 0 Å². The van der Waals surface area contributed by atoms with Gasteiger partial charge in [0, 0.05) is 27.4 Å². The molecule has 0 fully saturated rings. The summed E-state index contributed by atoms with van der Waals surface area (Å²) in [5, 5.41) is 3.31. The molecule has 0 heterocycles. The number of nitrogens with one attached hydrogen (secondary N) is 1. The van der Waals surface area contributed by atoms with Crippen molar-refractivity contribution >= 4 is 44.2 Å². The molecule has 0 radical (unpaired) electrons. The summed E-state index contributed by atoms with van der Waals surface area (Å²) in [5.74, 6) is 0. The van der Waals surface area contributed by atoms with Crippen LogP contribution in [0.2, 0.25) is 0 Å². The van der Waals surface area contributed by atoms with E-state index in [0.29, 0.717) is 0 Å². The summed E-state index contributed by atoms with van der Waals surface area (Å²) in [6, 6.07) is 6.21. The number of rotatable bonds is 4. The minimum Gasteiger partial charge on any atom is -0.382 e. The van der Waals surface area contributed by atoms with Crippen molar-refractivity contribution in [3.05, 3.63) is 26.2 Å². The Balaban J connectivity index is 2.55. The average Bonchev–Trinajstić information content (AvgIpc) is 2.19. The van der Waals surface area contributed by atoms with Gasteiger partial charge in [0.15, 0.2) is 0 Å². The fraction of sp³-hybridized carbons (Fsp3) is 0.400. The van der Waals surface area contributed by atoms with E-state index in [1.807, 2.05) is 6.92 Å². The highest BCUT2D eigenvalue weighted by atomic mass is 127. The maximum absolute atomic E-state index is 5.15. The largest absolute Gasteiger partial charge is 0.382 e. The maximum Gasteiger partial charge on any atom is 0.0715 e. The Hall–Kier alpha value is 0.190.